The molecule has 8 aromatic carbocycles. The molecule has 4 nitrogen and oxygen atoms in total. The van der Waals surface area contributed by atoms with Crippen LogP contribution in [0.1, 0.15) is 61.1 Å². The van der Waals surface area contributed by atoms with Crippen LogP contribution in [0, 0.1) is 5.41 Å². The van der Waals surface area contributed by atoms with Crippen molar-refractivity contribution in [3.63, 3.8) is 0 Å². The van der Waals surface area contributed by atoms with E-state index in [0.29, 0.717) is 41.3 Å². The number of fused-ring (bicyclic) bond motifs is 6. The van der Waals surface area contributed by atoms with Crippen LogP contribution in [0.2, 0.25) is 0 Å². The average Bonchev–Trinajstić information content (AvgIpc) is 4.08. The lowest BCUT2D eigenvalue weighted by Crippen LogP contribution is -2.60. The molecule has 2 aliphatic rings. The highest BCUT2D eigenvalue weighted by atomic mass is 19.4. The molecule has 0 bridgehead atoms. The van der Waals surface area contributed by atoms with Crippen LogP contribution in [-0.4, -0.2) is 49.9 Å². The average molecular weight is 1070 g/mol. The van der Waals surface area contributed by atoms with Crippen LogP contribution in [0.5, 0.6) is 0 Å². The Morgan fingerprint density at radius 2 is 0.909 bits per heavy atom. The van der Waals surface area contributed by atoms with E-state index in [1.54, 1.807) is 18.2 Å². The summed E-state index contributed by atoms with van der Waals surface area (Å²) in [5.74, 6) is -1.64. The van der Waals surface area contributed by atoms with Crippen LogP contribution in [0.4, 0.5) is 52.7 Å². The monoisotopic (exact) mass is 1070 g/mol. The standard InChI is InChI=1S/C61H44F12O4/c1-7-50(74)76-30-56(31-77-51(75)8-2)48-27-35(34-13-19-42-41-17-9-32(23-46(41)55(6,47(42)26-34)58(62,63)64)29-57(59(65,66)67,60(68,69)70)61(71,72)73)14-20-43(48)44-21-15-36(28-49(44)56)40-18-12-33-10-11-37-24-39(54(3,4)5)25-38-16-22-45(40)53(33)52(37)38/h7-28H,1-2,29-31H2,3-6H3. The summed E-state index contributed by atoms with van der Waals surface area (Å²) in [6.45, 7) is 13.3. The minimum absolute atomic E-state index is 0.110. The lowest BCUT2D eigenvalue weighted by Gasteiger charge is -2.39. The van der Waals surface area contributed by atoms with Crippen molar-refractivity contribution < 1.29 is 71.7 Å². The predicted octanol–water partition coefficient (Wildman–Crippen LogP) is 17.0. The van der Waals surface area contributed by atoms with E-state index in [4.69, 9.17) is 9.47 Å². The Kier molecular flexibility index (Phi) is 12.0. The fraction of sp³-hybridized carbons (Fsp3) is 0.246. The summed E-state index contributed by atoms with van der Waals surface area (Å²) in [4.78, 5) is 25.9. The Labute approximate surface area is 432 Å². The molecule has 1 unspecified atom stereocenters. The van der Waals surface area contributed by atoms with E-state index >= 15 is 13.2 Å². The summed E-state index contributed by atoms with van der Waals surface area (Å²) < 4.78 is 185. The number of hydrogen-bond acceptors (Lipinski definition) is 4. The first-order valence-corrected chi connectivity index (χ1v) is 24.1. The lowest BCUT2D eigenvalue weighted by molar-refractivity contribution is -0.426. The zero-order chi connectivity index (χ0) is 55.8. The molecule has 0 aromatic heterocycles. The SMILES string of the molecule is C=CC(=O)OCC1(COC(=O)C=C)c2cc(-c3ccc4c(c3)C(C)(C(F)(F)F)c3cc(CC(C(F)(F)F)(C(F)(F)F)C(F)(F)F)ccc3-4)ccc2-c2ccc(-c3ccc4ccc5cc(C(C)(C)C)cc6ccc3c4c56)cc21. The van der Waals surface area contributed by atoms with Crippen molar-refractivity contribution in [2.24, 2.45) is 5.41 Å². The number of carbonyl (C=O) groups is 2. The Bertz CT molecular complexity index is 3700. The van der Waals surface area contributed by atoms with E-state index in [-0.39, 0.29) is 27.7 Å². The van der Waals surface area contributed by atoms with Gasteiger partial charge in [-0.05, 0) is 141 Å². The number of carbonyl (C=O) groups excluding carboxylic acids is 2. The second-order valence-electron chi connectivity index (χ2n) is 21.0. The number of rotatable bonds is 10. The van der Waals surface area contributed by atoms with Crippen LogP contribution in [-0.2, 0) is 41.7 Å². The third-order valence-corrected chi connectivity index (χ3v) is 15.7. The Balaban J connectivity index is 1.11. The first-order chi connectivity index (χ1) is 35.9. The van der Waals surface area contributed by atoms with E-state index in [9.17, 15) is 49.1 Å². The van der Waals surface area contributed by atoms with Gasteiger partial charge in [0.05, 0.1) is 5.41 Å². The minimum Gasteiger partial charge on any atom is -0.461 e. The molecule has 0 saturated heterocycles. The van der Waals surface area contributed by atoms with Crippen LogP contribution in [0.25, 0.3) is 76.8 Å². The molecule has 0 aliphatic heterocycles. The number of ether oxygens (including phenoxy) is 2. The van der Waals surface area contributed by atoms with Gasteiger partial charge in [-0.2, -0.15) is 52.7 Å². The summed E-state index contributed by atoms with van der Waals surface area (Å²) in [7, 11) is 0. The summed E-state index contributed by atoms with van der Waals surface area (Å²) in [5.41, 5.74) is -8.65. The van der Waals surface area contributed by atoms with Gasteiger partial charge >= 0.3 is 36.6 Å². The van der Waals surface area contributed by atoms with Crippen molar-refractivity contribution >= 4 is 44.3 Å². The number of esters is 2. The molecule has 0 N–H and O–H groups in total. The van der Waals surface area contributed by atoms with Crippen LogP contribution < -0.4 is 0 Å². The molecule has 10 rings (SSSR count). The first-order valence-electron chi connectivity index (χ1n) is 24.1. The lowest BCUT2D eigenvalue weighted by atomic mass is 9.75. The molecule has 0 heterocycles. The summed E-state index contributed by atoms with van der Waals surface area (Å²) >= 11 is 0. The van der Waals surface area contributed by atoms with Crippen LogP contribution in [0.15, 0.2) is 147 Å². The molecule has 0 fully saturated rings. The summed E-state index contributed by atoms with van der Waals surface area (Å²) in [5, 5.41) is 6.25. The molecular formula is C61H44F12O4. The quantitative estimate of drug-likeness (QED) is 0.0593. The van der Waals surface area contributed by atoms with Crippen LogP contribution in [0.3, 0.4) is 0 Å². The molecule has 8 aromatic rings. The van der Waals surface area contributed by atoms with Gasteiger partial charge in [-0.15, -0.1) is 0 Å². The van der Waals surface area contributed by atoms with E-state index < -0.39 is 89.2 Å². The molecule has 0 saturated carbocycles. The Hall–Kier alpha value is -7.62. The molecule has 16 heteroatoms. The van der Waals surface area contributed by atoms with Gasteiger partial charge in [0, 0.05) is 18.6 Å². The van der Waals surface area contributed by atoms with Crippen LogP contribution >= 0.6 is 0 Å². The molecule has 0 spiro atoms. The van der Waals surface area contributed by atoms with Crippen molar-refractivity contribution in [2.75, 3.05) is 13.2 Å². The smallest absolute Gasteiger partial charge is 0.412 e. The van der Waals surface area contributed by atoms with Crippen molar-refractivity contribution in [1.82, 2.24) is 0 Å². The fourth-order valence-electron chi connectivity index (χ4n) is 11.5. The molecule has 0 amide bonds. The summed E-state index contributed by atoms with van der Waals surface area (Å²) in [6.07, 6.45) is -27.0. The number of halogens is 12. The van der Waals surface area contributed by atoms with E-state index in [1.165, 1.54) is 17.7 Å². The number of benzene rings is 8. The molecule has 2 aliphatic carbocycles. The highest BCUT2D eigenvalue weighted by Gasteiger charge is 2.83. The minimum atomic E-state index is -6.94. The van der Waals surface area contributed by atoms with E-state index in [2.05, 4.69) is 70.3 Å². The van der Waals surface area contributed by atoms with Gasteiger partial charge in [0.1, 0.15) is 18.6 Å². The second kappa shape index (κ2) is 17.5. The molecular weight excluding hydrogens is 1020 g/mol. The number of alkyl halides is 12. The maximum Gasteiger partial charge on any atom is 0.412 e. The van der Waals surface area contributed by atoms with Gasteiger partial charge in [-0.1, -0.05) is 137 Å². The zero-order valence-electron chi connectivity index (χ0n) is 41.4. The predicted molar refractivity (Wildman–Crippen MR) is 270 cm³/mol. The highest BCUT2D eigenvalue weighted by Crippen LogP contribution is 2.63. The fourth-order valence-corrected chi connectivity index (χ4v) is 11.5. The second-order valence-corrected chi connectivity index (χ2v) is 21.0. The largest absolute Gasteiger partial charge is 0.461 e. The van der Waals surface area contributed by atoms with E-state index in [1.807, 2.05) is 30.3 Å². The van der Waals surface area contributed by atoms with Crippen molar-refractivity contribution in [3.8, 4) is 44.5 Å². The third-order valence-electron chi connectivity index (χ3n) is 15.7. The maximum absolute atomic E-state index is 15.6. The normalized spacial score (nSPS) is 16.3. The van der Waals surface area contributed by atoms with Gasteiger partial charge in [0.25, 0.3) is 5.41 Å². The van der Waals surface area contributed by atoms with Crippen molar-refractivity contribution in [2.45, 2.75) is 75.1 Å². The first kappa shape index (κ1) is 52.8. The van der Waals surface area contributed by atoms with Gasteiger partial charge in [-0.3, -0.25) is 0 Å². The topological polar surface area (TPSA) is 52.6 Å². The molecule has 0 radical (unpaired) electrons. The zero-order valence-corrected chi connectivity index (χ0v) is 41.4. The molecule has 77 heavy (non-hydrogen) atoms. The summed E-state index contributed by atoms with van der Waals surface area (Å²) in [6, 6.07) is 33.0. The number of hydrogen-bond donors (Lipinski definition) is 0. The van der Waals surface area contributed by atoms with Gasteiger partial charge < -0.3 is 9.47 Å². The van der Waals surface area contributed by atoms with E-state index in [0.717, 1.165) is 67.7 Å². The highest BCUT2D eigenvalue weighted by molar-refractivity contribution is 6.25. The van der Waals surface area contributed by atoms with Crippen molar-refractivity contribution in [1.29, 1.82) is 0 Å². The van der Waals surface area contributed by atoms with Crippen molar-refractivity contribution in [3.05, 3.63) is 180 Å². The third kappa shape index (κ3) is 7.97. The molecule has 396 valence electrons. The Morgan fingerprint density at radius 3 is 1.40 bits per heavy atom. The van der Waals surface area contributed by atoms with Gasteiger partial charge in [-0.25, -0.2) is 9.59 Å². The van der Waals surface area contributed by atoms with Gasteiger partial charge in [0.15, 0.2) is 0 Å². The Morgan fingerprint density at radius 1 is 0.494 bits per heavy atom. The van der Waals surface area contributed by atoms with Gasteiger partial charge in [0.2, 0.25) is 0 Å². The maximum atomic E-state index is 15.6. The molecule has 1 atom stereocenters.